The van der Waals surface area contributed by atoms with Gasteiger partial charge in [-0.15, -0.1) is 4.91 Å². The lowest BCUT2D eigenvalue weighted by atomic mass is 10.0. The van der Waals surface area contributed by atoms with Gasteiger partial charge >= 0.3 is 0 Å². The Morgan fingerprint density at radius 3 is 2.53 bits per heavy atom. The van der Waals surface area contributed by atoms with E-state index >= 15 is 0 Å². The van der Waals surface area contributed by atoms with Crippen LogP contribution in [0.15, 0.2) is 35.7 Å². The molecule has 0 amide bonds. The molecule has 0 aliphatic heterocycles. The van der Waals surface area contributed by atoms with E-state index in [0.29, 0.717) is 0 Å². The van der Waals surface area contributed by atoms with E-state index < -0.39 is 0 Å². The summed E-state index contributed by atoms with van der Waals surface area (Å²) in [6.45, 7) is 1.88. The lowest BCUT2D eigenvalue weighted by molar-refractivity contribution is 0.0607. The predicted molar refractivity (Wildman–Crippen MR) is 69.6 cm³/mol. The second-order valence-corrected chi connectivity index (χ2v) is 4.43. The maximum Gasteiger partial charge on any atom is 0.155 e. The Bertz CT molecular complexity index is 300. The van der Waals surface area contributed by atoms with Gasteiger partial charge in [-0.2, -0.15) is 0 Å². The largest absolute Gasteiger partial charge is 0.361 e. The van der Waals surface area contributed by atoms with Crippen molar-refractivity contribution in [3.63, 3.8) is 0 Å². The van der Waals surface area contributed by atoms with Crippen molar-refractivity contribution in [2.75, 3.05) is 0 Å². The van der Waals surface area contributed by atoms with Gasteiger partial charge in [0, 0.05) is 0 Å². The van der Waals surface area contributed by atoms with E-state index in [0.717, 1.165) is 19.3 Å². The van der Waals surface area contributed by atoms with Crippen LogP contribution in [0.1, 0.15) is 44.6 Å². The van der Waals surface area contributed by atoms with Gasteiger partial charge in [-0.1, -0.05) is 43.2 Å². The van der Waals surface area contributed by atoms with E-state index in [-0.39, 0.29) is 6.10 Å². The fourth-order valence-electron chi connectivity index (χ4n) is 1.89. The molecule has 0 fully saturated rings. The minimum atomic E-state index is -0.0402. The van der Waals surface area contributed by atoms with Gasteiger partial charge in [0.05, 0.1) is 0 Å². The van der Waals surface area contributed by atoms with Crippen molar-refractivity contribution in [2.24, 2.45) is 5.34 Å². The van der Waals surface area contributed by atoms with Gasteiger partial charge < -0.3 is 4.84 Å². The average Bonchev–Trinajstić information content (AvgIpc) is 2.35. The predicted octanol–water partition coefficient (Wildman–Crippen LogP) is 4.27. The second-order valence-electron chi connectivity index (χ2n) is 4.43. The molecule has 0 spiro atoms. The first-order valence-corrected chi connectivity index (χ1v) is 6.35. The summed E-state index contributed by atoms with van der Waals surface area (Å²) >= 11 is 0. The summed E-state index contributed by atoms with van der Waals surface area (Å²) in [6, 6.07) is 10.6. The molecule has 1 aromatic carbocycles. The molecule has 1 rings (SSSR count). The first-order valence-electron chi connectivity index (χ1n) is 6.35. The number of hydrogen-bond donors (Lipinski definition) is 0. The highest BCUT2D eigenvalue weighted by atomic mass is 16.7. The molecular weight excluding hydrogens is 214 g/mol. The third-order valence-electron chi connectivity index (χ3n) is 2.89. The monoisotopic (exact) mass is 235 g/mol. The van der Waals surface area contributed by atoms with Crippen molar-refractivity contribution in [1.29, 1.82) is 0 Å². The van der Waals surface area contributed by atoms with Crippen LogP contribution in [0, 0.1) is 4.91 Å². The third kappa shape index (κ3) is 6.72. The second kappa shape index (κ2) is 8.74. The van der Waals surface area contributed by atoms with Crippen molar-refractivity contribution in [3.8, 4) is 0 Å². The van der Waals surface area contributed by atoms with Gasteiger partial charge in [-0.05, 0) is 38.2 Å². The Kier molecular flexibility index (Phi) is 7.03. The molecule has 1 aromatic rings. The minimum Gasteiger partial charge on any atom is -0.361 e. The van der Waals surface area contributed by atoms with Crippen LogP contribution in [0.4, 0.5) is 0 Å². The number of unbranched alkanes of at least 4 members (excludes halogenated alkanes) is 3. The topological polar surface area (TPSA) is 38.7 Å². The number of benzene rings is 1. The van der Waals surface area contributed by atoms with Gasteiger partial charge in [-0.25, -0.2) is 0 Å². The van der Waals surface area contributed by atoms with Crippen LogP contribution >= 0.6 is 0 Å². The first kappa shape index (κ1) is 13.7. The summed E-state index contributed by atoms with van der Waals surface area (Å²) in [5.41, 5.74) is 1.41. The lowest BCUT2D eigenvalue weighted by Gasteiger charge is -2.06. The normalized spacial score (nSPS) is 12.1. The van der Waals surface area contributed by atoms with E-state index in [9.17, 15) is 4.91 Å². The molecule has 0 N–H and O–H groups in total. The molecule has 0 aliphatic carbocycles. The molecule has 0 saturated carbocycles. The highest BCUT2D eigenvalue weighted by molar-refractivity contribution is 5.14. The molecule has 0 aromatic heterocycles. The molecule has 0 saturated heterocycles. The molecule has 94 valence electrons. The van der Waals surface area contributed by atoms with Gasteiger partial charge in [0.25, 0.3) is 0 Å². The summed E-state index contributed by atoms with van der Waals surface area (Å²) in [7, 11) is 0. The van der Waals surface area contributed by atoms with E-state index in [1.54, 1.807) is 0 Å². The number of aryl methyl sites for hydroxylation is 1. The highest BCUT2D eigenvalue weighted by Gasteiger charge is 2.01. The van der Waals surface area contributed by atoms with E-state index in [2.05, 4.69) is 34.4 Å². The molecule has 3 nitrogen and oxygen atoms in total. The first-order chi connectivity index (χ1) is 8.33. The van der Waals surface area contributed by atoms with Crippen molar-refractivity contribution in [1.82, 2.24) is 0 Å². The summed E-state index contributed by atoms with van der Waals surface area (Å²) in [4.78, 5) is 14.4. The summed E-state index contributed by atoms with van der Waals surface area (Å²) < 4.78 is 0. The smallest absolute Gasteiger partial charge is 0.155 e. The Labute approximate surface area is 103 Å². The van der Waals surface area contributed by atoms with Crippen LogP contribution in [0.2, 0.25) is 0 Å². The lowest BCUT2D eigenvalue weighted by Crippen LogP contribution is -2.02. The standard InChI is InChI=1S/C14H21NO2/c1-13(17-15-16)9-5-2-3-6-10-14-11-7-4-8-12-14/h4,7-8,11-13H,2-3,5-6,9-10H2,1H3. The Morgan fingerprint density at radius 1 is 1.12 bits per heavy atom. The van der Waals surface area contributed by atoms with Gasteiger partial charge in [0.1, 0.15) is 6.10 Å². The molecule has 17 heavy (non-hydrogen) atoms. The van der Waals surface area contributed by atoms with Crippen molar-refractivity contribution in [3.05, 3.63) is 40.8 Å². The Balaban J connectivity index is 1.96. The van der Waals surface area contributed by atoms with Crippen LogP contribution in [0.3, 0.4) is 0 Å². The molecule has 1 atom stereocenters. The zero-order chi connectivity index (χ0) is 12.3. The minimum absolute atomic E-state index is 0.0402. The maximum absolute atomic E-state index is 9.84. The van der Waals surface area contributed by atoms with E-state index in [4.69, 9.17) is 0 Å². The zero-order valence-corrected chi connectivity index (χ0v) is 10.5. The maximum atomic E-state index is 9.84. The van der Waals surface area contributed by atoms with E-state index in [1.165, 1.54) is 24.8 Å². The molecule has 0 radical (unpaired) electrons. The molecule has 0 bridgehead atoms. The molecule has 3 heteroatoms. The third-order valence-corrected chi connectivity index (χ3v) is 2.89. The molecule has 0 aliphatic rings. The summed E-state index contributed by atoms with van der Waals surface area (Å²) in [6.07, 6.45) is 6.79. The molecule has 0 heterocycles. The van der Waals surface area contributed by atoms with Crippen molar-refractivity contribution < 1.29 is 4.84 Å². The Hall–Kier alpha value is -1.38. The fraction of sp³-hybridized carbons (Fsp3) is 0.571. The SMILES string of the molecule is CC(CCCCCCc1ccccc1)ON=O. The molecule has 1 unspecified atom stereocenters. The van der Waals surface area contributed by atoms with Crippen molar-refractivity contribution in [2.45, 2.75) is 51.6 Å². The highest BCUT2D eigenvalue weighted by Crippen LogP contribution is 2.11. The van der Waals surface area contributed by atoms with Crippen LogP contribution in [-0.2, 0) is 11.3 Å². The van der Waals surface area contributed by atoms with Gasteiger partial charge in [0.2, 0.25) is 0 Å². The van der Waals surface area contributed by atoms with Gasteiger partial charge in [0.15, 0.2) is 5.34 Å². The number of nitrogens with zero attached hydrogens (tertiary/aromatic N) is 1. The van der Waals surface area contributed by atoms with E-state index in [1.807, 2.05) is 13.0 Å². The number of rotatable bonds is 9. The molecular formula is C14H21NO2. The van der Waals surface area contributed by atoms with Crippen LogP contribution < -0.4 is 0 Å². The quantitative estimate of drug-likeness (QED) is 0.364. The van der Waals surface area contributed by atoms with Crippen LogP contribution in [-0.4, -0.2) is 6.10 Å². The summed E-state index contributed by atoms with van der Waals surface area (Å²) in [5.74, 6) is 0. The summed E-state index contributed by atoms with van der Waals surface area (Å²) in [5, 5.41) is 2.44. The van der Waals surface area contributed by atoms with Crippen molar-refractivity contribution >= 4 is 0 Å². The van der Waals surface area contributed by atoms with Gasteiger partial charge in [-0.3, -0.25) is 0 Å². The zero-order valence-electron chi connectivity index (χ0n) is 10.5. The van der Waals surface area contributed by atoms with Crippen LogP contribution in [0.5, 0.6) is 0 Å². The average molecular weight is 235 g/mol. The Morgan fingerprint density at radius 2 is 1.82 bits per heavy atom. The number of hydrogen-bond acceptors (Lipinski definition) is 3. The fourth-order valence-corrected chi connectivity index (χ4v) is 1.89. The van der Waals surface area contributed by atoms with Crippen LogP contribution in [0.25, 0.3) is 0 Å².